The average Bonchev–Trinajstić information content (AvgIpc) is 3.17. The number of amidine groups is 1. The summed E-state index contributed by atoms with van der Waals surface area (Å²) in [6.07, 6.45) is 1.68. The first-order chi connectivity index (χ1) is 16.4. The summed E-state index contributed by atoms with van der Waals surface area (Å²) in [6, 6.07) is 19.6. The number of carbonyl (C=O) groups is 2. The minimum Gasteiger partial charge on any atom is -0.489 e. The number of carbonyl (C=O) groups excluding carboxylic acids is 2. The second-order valence-corrected chi connectivity index (χ2v) is 8.55. The molecule has 1 saturated heterocycles. The van der Waals surface area contributed by atoms with Crippen LogP contribution in [0.1, 0.15) is 21.5 Å². The predicted octanol–water partition coefficient (Wildman–Crippen LogP) is 5.23. The zero-order valence-electron chi connectivity index (χ0n) is 17.4. The molecular weight excluding hydrogens is 478 g/mol. The Kier molecular flexibility index (Phi) is 7.05. The molecule has 4 rings (SSSR count). The molecule has 1 fully saturated rings. The molecule has 3 aromatic rings. The number of nitrogens with one attached hydrogen (secondary N) is 1. The van der Waals surface area contributed by atoms with Gasteiger partial charge in [-0.15, -0.1) is 0 Å². The molecule has 0 aliphatic carbocycles. The summed E-state index contributed by atoms with van der Waals surface area (Å²) in [4.78, 5) is 39.3. The van der Waals surface area contributed by atoms with E-state index in [0.29, 0.717) is 26.8 Å². The molecule has 0 aromatic heterocycles. The number of aliphatic imine (C=N–C) groups is 1. The molecular formula is C24H16ClN3O5S. The van der Waals surface area contributed by atoms with E-state index in [9.17, 15) is 19.7 Å². The molecule has 0 unspecified atom stereocenters. The highest BCUT2D eigenvalue weighted by Crippen LogP contribution is 2.27. The number of amides is 2. The molecule has 1 N–H and O–H groups in total. The summed E-state index contributed by atoms with van der Waals surface area (Å²) in [6.45, 7) is 0.182. The number of nitro groups is 1. The maximum absolute atomic E-state index is 12.3. The van der Waals surface area contributed by atoms with Gasteiger partial charge in [0.25, 0.3) is 17.5 Å². The van der Waals surface area contributed by atoms with Crippen LogP contribution in [0.5, 0.6) is 5.75 Å². The number of hydrogen-bond donors (Lipinski definition) is 1. The average molecular weight is 494 g/mol. The SMILES string of the molecule is O=C1NC(=NC(=O)c2ccc(Cl)cc2)S/C1=C\c1ccc(OCc2cccc([N+](=O)[O-])c2)cc1. The van der Waals surface area contributed by atoms with Crippen LogP contribution in [0.4, 0.5) is 5.69 Å². The third-order valence-electron chi connectivity index (χ3n) is 4.65. The Bertz CT molecular complexity index is 1320. The Morgan fingerprint density at radius 1 is 1.12 bits per heavy atom. The van der Waals surface area contributed by atoms with Gasteiger partial charge >= 0.3 is 0 Å². The maximum Gasteiger partial charge on any atom is 0.279 e. The van der Waals surface area contributed by atoms with Gasteiger partial charge in [-0.3, -0.25) is 19.7 Å². The Hall–Kier alpha value is -3.95. The number of halogens is 1. The highest BCUT2D eigenvalue weighted by atomic mass is 35.5. The Morgan fingerprint density at radius 3 is 2.56 bits per heavy atom. The molecule has 1 aliphatic rings. The quantitative estimate of drug-likeness (QED) is 0.286. The maximum atomic E-state index is 12.3. The van der Waals surface area contributed by atoms with Crippen molar-refractivity contribution in [1.82, 2.24) is 5.32 Å². The number of nitrogens with zero attached hydrogens (tertiary/aromatic N) is 2. The molecule has 0 radical (unpaired) electrons. The minimum atomic E-state index is -0.481. The van der Waals surface area contributed by atoms with Crippen molar-refractivity contribution in [3.05, 3.63) is 110 Å². The standard InChI is InChI=1S/C24H16ClN3O5S/c25-18-8-6-17(7-9-18)22(29)26-24-27-23(30)21(34-24)13-15-4-10-20(11-5-15)33-14-16-2-1-3-19(12-16)28(31)32/h1-13H,14H2,(H,26,27,29,30)/b21-13-. The van der Waals surface area contributed by atoms with Crippen LogP contribution >= 0.6 is 23.4 Å². The molecule has 10 heteroatoms. The zero-order chi connectivity index (χ0) is 24.1. The van der Waals surface area contributed by atoms with E-state index in [0.717, 1.165) is 17.3 Å². The summed E-state index contributed by atoms with van der Waals surface area (Å²) in [5, 5.41) is 14.2. The van der Waals surface area contributed by atoms with Gasteiger partial charge < -0.3 is 10.1 Å². The second-order valence-electron chi connectivity index (χ2n) is 7.08. The number of rotatable bonds is 6. The lowest BCUT2D eigenvalue weighted by Crippen LogP contribution is -2.20. The Balaban J connectivity index is 1.38. The van der Waals surface area contributed by atoms with Crippen LogP contribution in [0.2, 0.25) is 5.02 Å². The summed E-state index contributed by atoms with van der Waals surface area (Å²) in [5.74, 6) is -0.252. The van der Waals surface area contributed by atoms with E-state index >= 15 is 0 Å². The lowest BCUT2D eigenvalue weighted by molar-refractivity contribution is -0.384. The van der Waals surface area contributed by atoms with Crippen molar-refractivity contribution in [3.63, 3.8) is 0 Å². The number of hydrogen-bond acceptors (Lipinski definition) is 6. The summed E-state index contributed by atoms with van der Waals surface area (Å²) < 4.78 is 5.69. The first-order valence-corrected chi connectivity index (χ1v) is 11.1. The first kappa shape index (κ1) is 23.2. The fraction of sp³-hybridized carbons (Fsp3) is 0.0417. The minimum absolute atomic E-state index is 0.00758. The molecule has 2 amide bonds. The van der Waals surface area contributed by atoms with E-state index in [4.69, 9.17) is 16.3 Å². The molecule has 0 saturated carbocycles. The molecule has 8 nitrogen and oxygen atoms in total. The molecule has 3 aromatic carbocycles. The summed E-state index contributed by atoms with van der Waals surface area (Å²) in [7, 11) is 0. The van der Waals surface area contributed by atoms with E-state index in [1.165, 1.54) is 12.1 Å². The first-order valence-electron chi connectivity index (χ1n) is 9.93. The zero-order valence-corrected chi connectivity index (χ0v) is 19.0. The number of nitro benzene ring substituents is 1. The highest BCUT2D eigenvalue weighted by molar-refractivity contribution is 8.18. The van der Waals surface area contributed by atoms with Gasteiger partial charge in [0.2, 0.25) is 0 Å². The van der Waals surface area contributed by atoms with Crippen LogP contribution < -0.4 is 10.1 Å². The van der Waals surface area contributed by atoms with E-state index in [-0.39, 0.29) is 23.4 Å². The number of benzene rings is 3. The van der Waals surface area contributed by atoms with Gasteiger partial charge in [-0.05, 0) is 65.4 Å². The van der Waals surface area contributed by atoms with Crippen LogP contribution in [0.15, 0.2) is 82.7 Å². The van der Waals surface area contributed by atoms with Crippen molar-refractivity contribution in [2.45, 2.75) is 6.61 Å². The highest BCUT2D eigenvalue weighted by Gasteiger charge is 2.24. The van der Waals surface area contributed by atoms with E-state index in [1.54, 1.807) is 66.7 Å². The number of thioether (sulfide) groups is 1. The molecule has 0 bridgehead atoms. The van der Waals surface area contributed by atoms with Crippen molar-refractivity contribution >= 4 is 52.1 Å². The van der Waals surface area contributed by atoms with Crippen molar-refractivity contribution in [1.29, 1.82) is 0 Å². The fourth-order valence-corrected chi connectivity index (χ4v) is 3.91. The molecule has 0 atom stereocenters. The van der Waals surface area contributed by atoms with Gasteiger partial charge in [0, 0.05) is 22.7 Å². The van der Waals surface area contributed by atoms with Gasteiger partial charge in [-0.1, -0.05) is 35.9 Å². The number of ether oxygens (including phenoxy) is 1. The van der Waals surface area contributed by atoms with E-state index in [1.807, 2.05) is 0 Å². The normalized spacial score (nSPS) is 15.4. The van der Waals surface area contributed by atoms with Crippen LogP contribution in [-0.2, 0) is 11.4 Å². The van der Waals surface area contributed by atoms with E-state index in [2.05, 4.69) is 10.3 Å². The van der Waals surface area contributed by atoms with Crippen LogP contribution in [0.25, 0.3) is 6.08 Å². The van der Waals surface area contributed by atoms with Crippen LogP contribution in [-0.4, -0.2) is 21.9 Å². The third-order valence-corrected chi connectivity index (χ3v) is 5.81. The summed E-state index contributed by atoms with van der Waals surface area (Å²) >= 11 is 6.90. The van der Waals surface area contributed by atoms with Crippen molar-refractivity contribution < 1.29 is 19.2 Å². The topological polar surface area (TPSA) is 111 Å². The Labute approximate surface area is 203 Å². The van der Waals surface area contributed by atoms with Gasteiger partial charge in [-0.2, -0.15) is 4.99 Å². The van der Waals surface area contributed by atoms with Crippen molar-refractivity contribution in [2.24, 2.45) is 4.99 Å². The Morgan fingerprint density at radius 2 is 1.85 bits per heavy atom. The second kappa shape index (κ2) is 10.3. The largest absolute Gasteiger partial charge is 0.489 e. The number of non-ortho nitro benzene ring substituents is 1. The lowest BCUT2D eigenvalue weighted by atomic mass is 10.2. The van der Waals surface area contributed by atoms with Crippen LogP contribution in [0, 0.1) is 10.1 Å². The van der Waals surface area contributed by atoms with Crippen molar-refractivity contribution in [3.8, 4) is 5.75 Å². The van der Waals surface area contributed by atoms with Crippen LogP contribution in [0.3, 0.4) is 0 Å². The summed E-state index contributed by atoms with van der Waals surface area (Å²) in [5.41, 5.74) is 1.81. The molecule has 34 heavy (non-hydrogen) atoms. The molecule has 170 valence electrons. The van der Waals surface area contributed by atoms with Gasteiger partial charge in [-0.25, -0.2) is 0 Å². The fourth-order valence-electron chi connectivity index (χ4n) is 2.97. The predicted molar refractivity (Wildman–Crippen MR) is 131 cm³/mol. The van der Waals surface area contributed by atoms with Gasteiger partial charge in [0.15, 0.2) is 5.17 Å². The molecule has 0 spiro atoms. The third kappa shape index (κ3) is 5.89. The smallest absolute Gasteiger partial charge is 0.279 e. The molecule has 1 aliphatic heterocycles. The van der Waals surface area contributed by atoms with Gasteiger partial charge in [0.05, 0.1) is 9.83 Å². The van der Waals surface area contributed by atoms with E-state index < -0.39 is 10.8 Å². The lowest BCUT2D eigenvalue weighted by Gasteiger charge is -2.06. The molecule has 1 heterocycles. The van der Waals surface area contributed by atoms with Crippen molar-refractivity contribution in [2.75, 3.05) is 0 Å². The monoisotopic (exact) mass is 493 g/mol. The van der Waals surface area contributed by atoms with Gasteiger partial charge in [0.1, 0.15) is 12.4 Å².